The van der Waals surface area contributed by atoms with Crippen LogP contribution in [0.1, 0.15) is 26.1 Å². The predicted octanol–water partition coefficient (Wildman–Crippen LogP) is -1.18. The Hall–Kier alpha value is -3.82. The number of nitrogens with one attached hydrogen (secondary N) is 1. The number of carboxylic acids is 2. The third kappa shape index (κ3) is 6.63. The minimum Gasteiger partial charge on any atom is -0.478 e. The Kier molecular flexibility index (Phi) is 9.96. The quantitative estimate of drug-likeness (QED) is 0.0702. The van der Waals surface area contributed by atoms with E-state index in [1.807, 2.05) is 0 Å². The number of fused-ring (bicyclic) bond motifs is 1. The van der Waals surface area contributed by atoms with Gasteiger partial charge in [-0.25, -0.2) is 14.3 Å². The van der Waals surface area contributed by atoms with Crippen LogP contribution >= 0.6 is 35.1 Å². The lowest BCUT2D eigenvalue weighted by atomic mass is 10.0. The first-order valence-electron chi connectivity index (χ1n) is 12.4. The molecule has 2 amide bonds. The molecule has 4 rings (SSSR count). The van der Waals surface area contributed by atoms with E-state index in [-0.39, 0.29) is 28.2 Å². The molecule has 0 radical (unpaired) electrons. The molecule has 0 bridgehead atoms. The standard InChI is InChI=1S/C21H27N11O7S3/c1-8(2)13(19(37)38)39-27-10(14-25-20(23)42-28-14)15(33)24-11-16(34)32-12(18(35)36)9(6-40-17(11)32)7-41-21-26-29-30-31(21)5-3-4-22/h8,11,13,17H,3-7,22H2,1-2H3,(H,24,33)(H,35,36)(H,37,38)(H2,23,25,28)/t11?,13?,17-/m0/s1. The zero-order chi connectivity index (χ0) is 30.6. The summed E-state index contributed by atoms with van der Waals surface area (Å²) in [5, 5.41) is 36.9. The third-order valence-electron chi connectivity index (χ3n) is 5.96. The molecule has 2 unspecified atom stereocenters. The molecule has 226 valence electrons. The molecular formula is C21H27N11O7S3. The number of aromatic nitrogens is 6. The van der Waals surface area contributed by atoms with Gasteiger partial charge in [-0.15, -0.1) is 16.9 Å². The van der Waals surface area contributed by atoms with Crippen LogP contribution in [0.4, 0.5) is 5.13 Å². The van der Waals surface area contributed by atoms with Gasteiger partial charge in [-0.2, -0.15) is 9.36 Å². The summed E-state index contributed by atoms with van der Waals surface area (Å²) in [6.07, 6.45) is -0.708. The van der Waals surface area contributed by atoms with Crippen molar-refractivity contribution in [3.63, 3.8) is 0 Å². The van der Waals surface area contributed by atoms with E-state index in [0.717, 1.165) is 16.4 Å². The molecule has 2 aliphatic heterocycles. The number of β-lactam (4-membered cyclic amide) rings is 1. The Morgan fingerprint density at radius 2 is 2.07 bits per heavy atom. The van der Waals surface area contributed by atoms with Gasteiger partial charge in [0.1, 0.15) is 17.1 Å². The number of oxime groups is 1. The summed E-state index contributed by atoms with van der Waals surface area (Å²) in [4.78, 5) is 60.3. The average Bonchev–Trinajstić information content (AvgIpc) is 3.58. The van der Waals surface area contributed by atoms with Crippen molar-refractivity contribution >= 4 is 69.7 Å². The molecule has 0 saturated carbocycles. The minimum absolute atomic E-state index is 0.0212. The molecule has 1 saturated heterocycles. The molecule has 0 spiro atoms. The normalized spacial score (nSPS) is 19.4. The number of carbonyl (C=O) groups excluding carboxylic acids is 2. The van der Waals surface area contributed by atoms with Gasteiger partial charge in [0.15, 0.2) is 5.13 Å². The van der Waals surface area contributed by atoms with Crippen molar-refractivity contribution < 1.29 is 34.2 Å². The van der Waals surface area contributed by atoms with Crippen molar-refractivity contribution in [2.45, 2.75) is 49.5 Å². The average molecular weight is 642 g/mol. The van der Waals surface area contributed by atoms with Crippen LogP contribution < -0.4 is 16.8 Å². The second-order valence-electron chi connectivity index (χ2n) is 9.24. The number of nitrogen functional groups attached to an aromatic ring is 1. The van der Waals surface area contributed by atoms with Crippen molar-refractivity contribution in [1.82, 2.24) is 39.8 Å². The molecule has 21 heteroatoms. The van der Waals surface area contributed by atoms with Crippen molar-refractivity contribution in [1.29, 1.82) is 0 Å². The second-order valence-corrected chi connectivity index (χ2v) is 12.1. The van der Waals surface area contributed by atoms with Crippen LogP contribution in [0.5, 0.6) is 0 Å². The minimum atomic E-state index is -1.37. The highest BCUT2D eigenvalue weighted by atomic mass is 32.2. The van der Waals surface area contributed by atoms with Crippen LogP contribution in [0.2, 0.25) is 0 Å². The smallest absolute Gasteiger partial charge is 0.352 e. The van der Waals surface area contributed by atoms with Gasteiger partial charge < -0.3 is 31.8 Å². The van der Waals surface area contributed by atoms with Crippen LogP contribution in [-0.4, -0.2) is 110 Å². The number of hydrogen-bond donors (Lipinski definition) is 5. The first-order valence-corrected chi connectivity index (χ1v) is 15.2. The number of carbonyl (C=O) groups is 4. The molecule has 1 fully saturated rings. The van der Waals surface area contributed by atoms with Crippen LogP contribution in [-0.2, 0) is 30.6 Å². The fourth-order valence-corrected chi connectivity index (χ4v) is 6.74. The van der Waals surface area contributed by atoms with E-state index in [9.17, 15) is 29.4 Å². The summed E-state index contributed by atoms with van der Waals surface area (Å²) in [5.74, 6) is -4.38. The van der Waals surface area contributed by atoms with Gasteiger partial charge in [-0.05, 0) is 29.0 Å². The summed E-state index contributed by atoms with van der Waals surface area (Å²) < 4.78 is 5.52. The van der Waals surface area contributed by atoms with E-state index >= 15 is 0 Å². The lowest BCUT2D eigenvalue weighted by Gasteiger charge is -2.49. The van der Waals surface area contributed by atoms with Gasteiger partial charge in [0.25, 0.3) is 11.8 Å². The number of rotatable bonds is 14. The number of aliphatic carboxylic acids is 2. The number of tetrazole rings is 1. The van der Waals surface area contributed by atoms with E-state index in [1.165, 1.54) is 23.5 Å². The van der Waals surface area contributed by atoms with Crippen molar-refractivity contribution in [3.05, 3.63) is 17.1 Å². The first-order chi connectivity index (χ1) is 20.0. The zero-order valence-electron chi connectivity index (χ0n) is 22.2. The highest BCUT2D eigenvalue weighted by Gasteiger charge is 2.54. The van der Waals surface area contributed by atoms with E-state index in [1.54, 1.807) is 18.5 Å². The molecule has 2 aliphatic rings. The molecule has 42 heavy (non-hydrogen) atoms. The second kappa shape index (κ2) is 13.4. The fourth-order valence-electron chi connectivity index (χ4n) is 3.91. The number of aryl methyl sites for hydroxylation is 1. The fraction of sp³-hybridized carbons (Fsp3) is 0.524. The van der Waals surface area contributed by atoms with Gasteiger partial charge in [0.05, 0.1) is 0 Å². The van der Waals surface area contributed by atoms with Gasteiger partial charge >= 0.3 is 11.9 Å². The molecule has 2 aromatic rings. The van der Waals surface area contributed by atoms with Crippen LogP contribution in [0, 0.1) is 5.92 Å². The molecule has 2 aromatic heterocycles. The Balaban J connectivity index is 1.50. The number of carboxylic acid groups (broad SMARTS) is 2. The molecule has 0 aromatic carbocycles. The maximum absolute atomic E-state index is 13.2. The Labute approximate surface area is 250 Å². The Morgan fingerprint density at radius 3 is 2.69 bits per heavy atom. The first kappa shape index (κ1) is 31.1. The number of thioether (sulfide) groups is 2. The molecule has 3 atom stereocenters. The molecule has 18 nitrogen and oxygen atoms in total. The van der Waals surface area contributed by atoms with Crippen molar-refractivity contribution in [2.24, 2.45) is 16.8 Å². The van der Waals surface area contributed by atoms with E-state index in [0.29, 0.717) is 30.2 Å². The van der Waals surface area contributed by atoms with Gasteiger partial charge in [-0.1, -0.05) is 30.8 Å². The largest absolute Gasteiger partial charge is 0.478 e. The van der Waals surface area contributed by atoms with Gasteiger partial charge in [-0.3, -0.25) is 14.5 Å². The van der Waals surface area contributed by atoms with Crippen molar-refractivity contribution in [2.75, 3.05) is 23.8 Å². The van der Waals surface area contributed by atoms with Gasteiger partial charge in [0, 0.05) is 35.5 Å². The van der Waals surface area contributed by atoms with Crippen molar-refractivity contribution in [3.8, 4) is 0 Å². The number of amides is 2. The van der Waals surface area contributed by atoms with Crippen LogP contribution in [0.3, 0.4) is 0 Å². The molecule has 4 heterocycles. The summed E-state index contributed by atoms with van der Waals surface area (Å²) >= 11 is 3.29. The maximum Gasteiger partial charge on any atom is 0.352 e. The maximum atomic E-state index is 13.2. The lowest BCUT2D eigenvalue weighted by molar-refractivity contribution is -0.153. The Bertz CT molecular complexity index is 1430. The predicted molar refractivity (Wildman–Crippen MR) is 150 cm³/mol. The topological polar surface area (TPSA) is 267 Å². The zero-order valence-corrected chi connectivity index (χ0v) is 24.7. The summed E-state index contributed by atoms with van der Waals surface area (Å²) in [6.45, 7) is 4.16. The number of anilines is 1. The molecule has 7 N–H and O–H groups in total. The number of hydrogen-bond acceptors (Lipinski definition) is 16. The third-order valence-corrected chi connectivity index (χ3v) is 8.89. The lowest BCUT2D eigenvalue weighted by Crippen LogP contribution is -2.71. The molecule has 0 aliphatic carbocycles. The highest BCUT2D eigenvalue weighted by molar-refractivity contribution is 8.01. The van der Waals surface area contributed by atoms with E-state index < -0.39 is 52.9 Å². The number of nitrogens with zero attached hydrogens (tertiary/aromatic N) is 8. The highest BCUT2D eigenvalue weighted by Crippen LogP contribution is 2.41. The molecular weight excluding hydrogens is 615 g/mol. The Morgan fingerprint density at radius 1 is 1.31 bits per heavy atom. The summed E-state index contributed by atoms with van der Waals surface area (Å²) in [5.41, 5.74) is 11.0. The van der Waals surface area contributed by atoms with Crippen LogP contribution in [0.15, 0.2) is 21.6 Å². The summed E-state index contributed by atoms with van der Waals surface area (Å²) in [6, 6.07) is -1.10. The van der Waals surface area contributed by atoms with E-state index in [4.69, 9.17) is 16.3 Å². The summed E-state index contributed by atoms with van der Waals surface area (Å²) in [7, 11) is 0. The number of nitrogens with two attached hydrogens (primary N) is 2. The van der Waals surface area contributed by atoms with Gasteiger partial charge in [0.2, 0.25) is 22.8 Å². The monoisotopic (exact) mass is 641 g/mol. The van der Waals surface area contributed by atoms with Crippen LogP contribution in [0.25, 0.3) is 0 Å². The SMILES string of the molecule is CC(C)C(ON=C(C(=O)NC1C(=O)N2C(C(=O)O)=C(CSc3nnnn3CCCN)CS[C@@H]12)c1nsc(N)n1)C(=O)O. The van der Waals surface area contributed by atoms with E-state index in [2.05, 4.69) is 35.4 Å².